The van der Waals surface area contributed by atoms with E-state index in [1.165, 1.54) is 41.7 Å². The minimum Gasteiger partial charge on any atom is -0.371 e. The van der Waals surface area contributed by atoms with Gasteiger partial charge in [-0.3, -0.25) is 19.0 Å². The summed E-state index contributed by atoms with van der Waals surface area (Å²) < 4.78 is 55.2. The number of carbonyl (C=O) groups is 2. The van der Waals surface area contributed by atoms with Crippen molar-refractivity contribution in [1.82, 2.24) is 9.88 Å². The molecular formula is C29H32F2N4O5S. The summed E-state index contributed by atoms with van der Waals surface area (Å²) in [5.41, 5.74) is -0.786. The molecule has 4 fully saturated rings. The van der Waals surface area contributed by atoms with Gasteiger partial charge in [0.1, 0.15) is 17.0 Å². The van der Waals surface area contributed by atoms with Crippen LogP contribution in [-0.4, -0.2) is 49.1 Å². The van der Waals surface area contributed by atoms with Crippen LogP contribution < -0.4 is 21.1 Å². The molecule has 0 radical (unpaired) electrons. The first-order chi connectivity index (χ1) is 19.4. The van der Waals surface area contributed by atoms with Crippen LogP contribution in [0, 0.1) is 5.41 Å². The van der Waals surface area contributed by atoms with Gasteiger partial charge in [-0.15, -0.1) is 0 Å². The van der Waals surface area contributed by atoms with Crippen LogP contribution in [0.1, 0.15) is 85.1 Å². The Kier molecular flexibility index (Phi) is 5.75. The molecule has 3 aliphatic carbocycles. The lowest BCUT2D eigenvalue weighted by molar-refractivity contribution is -0.0667. The molecular weight excluding hydrogens is 554 g/mol. The lowest BCUT2D eigenvalue weighted by Gasteiger charge is -2.38. The molecule has 0 bridgehead atoms. The highest BCUT2D eigenvalue weighted by Gasteiger charge is 2.50. The number of alkyl halides is 2. The van der Waals surface area contributed by atoms with Crippen LogP contribution in [0.25, 0.3) is 0 Å². The van der Waals surface area contributed by atoms with Crippen molar-refractivity contribution in [3.63, 3.8) is 0 Å². The average Bonchev–Trinajstić information content (AvgIpc) is 3.88. The van der Waals surface area contributed by atoms with Gasteiger partial charge in [0, 0.05) is 25.9 Å². The molecule has 1 aromatic heterocycles. The van der Waals surface area contributed by atoms with Crippen LogP contribution in [0.15, 0.2) is 40.0 Å². The summed E-state index contributed by atoms with van der Waals surface area (Å²) >= 11 is 0. The number of sulfone groups is 1. The van der Waals surface area contributed by atoms with E-state index in [-0.39, 0.29) is 39.9 Å². The molecule has 2 N–H and O–H groups in total. The molecule has 7 rings (SSSR count). The molecule has 3 heterocycles. The van der Waals surface area contributed by atoms with E-state index in [0.717, 1.165) is 12.8 Å². The summed E-state index contributed by atoms with van der Waals surface area (Å²) in [5, 5.41) is 5.03. The number of carbonyl (C=O) groups excluding carboxylic acids is 2. The molecule has 5 aliphatic rings. The Morgan fingerprint density at radius 3 is 2.24 bits per heavy atom. The number of rotatable bonds is 5. The number of pyridine rings is 1. The second-order valence-electron chi connectivity index (χ2n) is 12.5. The molecule has 2 spiro atoms. The van der Waals surface area contributed by atoms with Crippen molar-refractivity contribution in [2.75, 3.05) is 23.3 Å². The van der Waals surface area contributed by atoms with Crippen LogP contribution >= 0.6 is 0 Å². The molecule has 218 valence electrons. The third-order valence-electron chi connectivity index (χ3n) is 9.77. The number of piperidine rings is 1. The second-order valence-corrected chi connectivity index (χ2v) is 14.7. The Morgan fingerprint density at radius 1 is 0.927 bits per heavy atom. The summed E-state index contributed by atoms with van der Waals surface area (Å²) in [6, 6.07) is 7.31. The van der Waals surface area contributed by atoms with Crippen molar-refractivity contribution in [2.45, 2.75) is 85.9 Å². The molecule has 9 nitrogen and oxygen atoms in total. The molecule has 1 aromatic carbocycles. The fraction of sp³-hybridized carbons (Fsp3) is 0.552. The van der Waals surface area contributed by atoms with Crippen LogP contribution in [0.2, 0.25) is 0 Å². The number of hydrogen-bond acceptors (Lipinski definition) is 6. The van der Waals surface area contributed by atoms with Gasteiger partial charge >= 0.3 is 0 Å². The van der Waals surface area contributed by atoms with E-state index >= 15 is 0 Å². The third-order valence-corrected chi connectivity index (χ3v) is 12.0. The van der Waals surface area contributed by atoms with Crippen LogP contribution in [-0.2, 0) is 15.5 Å². The maximum absolute atomic E-state index is 13.9. The molecule has 1 saturated heterocycles. The maximum atomic E-state index is 13.9. The van der Waals surface area contributed by atoms with Crippen LogP contribution in [0.4, 0.5) is 20.2 Å². The standard InChI is InChI=1S/C29H32F2N4O5S/c30-28(31)9-11-29(12-10-28)33-25(37)22-6-5-21(26(38)35(22)29)32-24(36)20-4-3-19(41(39,40)18-1-2-18)17-23(20)34-15-13-27(7-8-27)14-16-34/h3-6,17-18H,1-2,7-16H2,(H,32,36)(H,33,37). The number of fused-ring (bicyclic) bond motifs is 2. The van der Waals surface area contributed by atoms with Gasteiger partial charge in [0.15, 0.2) is 9.84 Å². The smallest absolute Gasteiger partial charge is 0.276 e. The van der Waals surface area contributed by atoms with Crippen molar-refractivity contribution in [2.24, 2.45) is 5.41 Å². The van der Waals surface area contributed by atoms with Crippen molar-refractivity contribution < 1.29 is 26.8 Å². The van der Waals surface area contributed by atoms with Gasteiger partial charge in [-0.1, -0.05) is 0 Å². The Morgan fingerprint density at radius 2 is 1.61 bits per heavy atom. The number of hydrogen-bond donors (Lipinski definition) is 2. The number of nitrogens with one attached hydrogen (secondary N) is 2. The monoisotopic (exact) mass is 586 g/mol. The molecule has 3 saturated carbocycles. The number of aromatic nitrogens is 1. The summed E-state index contributed by atoms with van der Waals surface area (Å²) in [7, 11) is -3.49. The van der Waals surface area contributed by atoms with Crippen LogP contribution in [0.3, 0.4) is 0 Å². The van der Waals surface area contributed by atoms with E-state index in [1.807, 2.05) is 0 Å². The van der Waals surface area contributed by atoms with E-state index in [0.29, 0.717) is 37.0 Å². The summed E-state index contributed by atoms with van der Waals surface area (Å²) in [4.78, 5) is 42.2. The van der Waals surface area contributed by atoms with Gasteiger partial charge < -0.3 is 15.5 Å². The van der Waals surface area contributed by atoms with E-state index in [2.05, 4.69) is 15.5 Å². The molecule has 2 aromatic rings. The lowest BCUT2D eigenvalue weighted by atomic mass is 9.86. The molecule has 12 heteroatoms. The molecule has 2 aliphatic heterocycles. The minimum absolute atomic E-state index is 0.0656. The Hall–Kier alpha value is -3.28. The summed E-state index contributed by atoms with van der Waals surface area (Å²) in [5.74, 6) is -3.96. The normalized spacial score (nSPS) is 23.8. The van der Waals surface area contributed by atoms with Gasteiger partial charge in [0.2, 0.25) is 5.92 Å². The Bertz CT molecular complexity index is 1620. The molecule has 0 atom stereocenters. The quantitative estimate of drug-likeness (QED) is 0.547. The highest BCUT2D eigenvalue weighted by molar-refractivity contribution is 7.92. The van der Waals surface area contributed by atoms with Gasteiger partial charge in [-0.25, -0.2) is 17.2 Å². The van der Waals surface area contributed by atoms with E-state index in [1.54, 1.807) is 6.07 Å². The SMILES string of the molecule is O=C(Nc1ccc2n(c1=O)C1(CCC(F)(F)CC1)NC2=O)c1ccc(S(=O)(=O)C2CC2)cc1N1CCC2(CC1)CC2. The van der Waals surface area contributed by atoms with Crippen molar-refractivity contribution in [3.05, 3.63) is 51.9 Å². The fourth-order valence-electron chi connectivity index (χ4n) is 6.75. The predicted octanol–water partition coefficient (Wildman–Crippen LogP) is 4.02. The topological polar surface area (TPSA) is 118 Å². The fourth-order valence-corrected chi connectivity index (χ4v) is 8.42. The third kappa shape index (κ3) is 4.45. The van der Waals surface area contributed by atoms with Crippen molar-refractivity contribution in [3.8, 4) is 0 Å². The first-order valence-electron chi connectivity index (χ1n) is 14.3. The Balaban J connectivity index is 1.22. The number of nitrogens with zero attached hydrogens (tertiary/aromatic N) is 2. The highest BCUT2D eigenvalue weighted by atomic mass is 32.2. The highest BCUT2D eigenvalue weighted by Crippen LogP contribution is 2.54. The second kappa shape index (κ2) is 8.86. The van der Waals surface area contributed by atoms with Crippen LogP contribution in [0.5, 0.6) is 0 Å². The Labute approximate surface area is 236 Å². The number of halogens is 2. The van der Waals surface area contributed by atoms with E-state index in [9.17, 15) is 31.6 Å². The van der Waals surface area contributed by atoms with Gasteiger partial charge in [0.25, 0.3) is 17.4 Å². The number of anilines is 2. The van der Waals surface area contributed by atoms with Gasteiger partial charge in [-0.05, 0) is 87.1 Å². The maximum Gasteiger partial charge on any atom is 0.276 e. The van der Waals surface area contributed by atoms with E-state index < -0.39 is 51.6 Å². The van der Waals surface area contributed by atoms with E-state index in [4.69, 9.17) is 0 Å². The molecule has 0 unspecified atom stereocenters. The zero-order valence-electron chi connectivity index (χ0n) is 22.5. The first-order valence-corrected chi connectivity index (χ1v) is 15.9. The van der Waals surface area contributed by atoms with Gasteiger partial charge in [-0.2, -0.15) is 0 Å². The minimum atomic E-state index is -3.49. The lowest BCUT2D eigenvalue weighted by Crippen LogP contribution is -2.51. The summed E-state index contributed by atoms with van der Waals surface area (Å²) in [6.45, 7) is 1.41. The first kappa shape index (κ1) is 26.6. The number of amides is 2. The number of benzene rings is 1. The average molecular weight is 587 g/mol. The zero-order chi connectivity index (χ0) is 28.8. The van der Waals surface area contributed by atoms with Crippen molar-refractivity contribution >= 4 is 33.0 Å². The zero-order valence-corrected chi connectivity index (χ0v) is 23.4. The largest absolute Gasteiger partial charge is 0.371 e. The van der Waals surface area contributed by atoms with Crippen molar-refractivity contribution in [1.29, 1.82) is 0 Å². The molecule has 2 amide bonds. The van der Waals surface area contributed by atoms with Gasteiger partial charge in [0.05, 0.1) is 21.4 Å². The predicted molar refractivity (Wildman–Crippen MR) is 147 cm³/mol. The molecule has 41 heavy (non-hydrogen) atoms. The summed E-state index contributed by atoms with van der Waals surface area (Å²) in [6.07, 6.45) is 4.46.